The van der Waals surface area contributed by atoms with Crippen molar-refractivity contribution >= 4 is 32.7 Å². The van der Waals surface area contributed by atoms with Gasteiger partial charge in [-0.05, 0) is 24.5 Å². The van der Waals surface area contributed by atoms with Crippen molar-refractivity contribution in [2.75, 3.05) is 30.9 Å². The third kappa shape index (κ3) is 4.88. The fourth-order valence-electron chi connectivity index (χ4n) is 5.41. The lowest BCUT2D eigenvalue weighted by atomic mass is 10.0. The monoisotopic (exact) mass is 558 g/mol. The second-order valence-electron chi connectivity index (χ2n) is 10.5. The summed E-state index contributed by atoms with van der Waals surface area (Å²) < 4.78 is 56.7. The SMILES string of the molecule is CS(=O)(=O)OC[C@]1(O)C[C@@H]2COc3c(c(F)cc4c(=O)c(C(=O)OCc5ccccc5)cn(C5CC5)c34)N2C1. The van der Waals surface area contributed by atoms with Gasteiger partial charge in [-0.1, -0.05) is 30.3 Å². The Balaban J connectivity index is 1.39. The molecule has 0 spiro atoms. The zero-order valence-corrected chi connectivity index (χ0v) is 21.9. The number of fused-ring (bicyclic) bond motifs is 5. The predicted octanol–water partition coefficient (Wildman–Crippen LogP) is 2.51. The van der Waals surface area contributed by atoms with E-state index in [2.05, 4.69) is 0 Å². The Morgan fingerprint density at radius 3 is 2.67 bits per heavy atom. The van der Waals surface area contributed by atoms with Crippen molar-refractivity contribution in [3.8, 4) is 5.75 Å². The number of halogens is 1. The van der Waals surface area contributed by atoms with Gasteiger partial charge in [0, 0.05) is 25.2 Å². The second-order valence-corrected chi connectivity index (χ2v) is 12.1. The summed E-state index contributed by atoms with van der Waals surface area (Å²) in [4.78, 5) is 28.1. The number of aromatic nitrogens is 1. The van der Waals surface area contributed by atoms with Crippen molar-refractivity contribution in [1.29, 1.82) is 0 Å². The van der Waals surface area contributed by atoms with E-state index in [1.807, 2.05) is 18.2 Å². The first kappa shape index (κ1) is 25.8. The number of hydrogen-bond acceptors (Lipinski definition) is 9. The minimum Gasteiger partial charge on any atom is -0.487 e. The second kappa shape index (κ2) is 9.32. The molecule has 1 aromatic heterocycles. The summed E-state index contributed by atoms with van der Waals surface area (Å²) in [5.74, 6) is -1.39. The molecule has 3 aromatic rings. The van der Waals surface area contributed by atoms with Crippen molar-refractivity contribution in [2.24, 2.45) is 0 Å². The molecule has 39 heavy (non-hydrogen) atoms. The highest BCUT2D eigenvalue weighted by Gasteiger charge is 2.48. The van der Waals surface area contributed by atoms with Gasteiger partial charge in [0.25, 0.3) is 10.1 Å². The highest BCUT2D eigenvalue weighted by atomic mass is 32.2. The zero-order chi connectivity index (χ0) is 27.5. The van der Waals surface area contributed by atoms with E-state index in [4.69, 9.17) is 13.7 Å². The summed E-state index contributed by atoms with van der Waals surface area (Å²) in [6, 6.07) is 9.75. The number of hydrogen-bond donors (Lipinski definition) is 1. The van der Waals surface area contributed by atoms with Crippen LogP contribution < -0.4 is 15.1 Å². The summed E-state index contributed by atoms with van der Waals surface area (Å²) in [7, 11) is -3.78. The summed E-state index contributed by atoms with van der Waals surface area (Å²) >= 11 is 0. The maximum Gasteiger partial charge on any atom is 0.343 e. The standard InChI is InChI=1S/C27H27FN2O8S/c1-39(34,35)38-15-27(33)10-18-13-36-25-22-19(9-21(28)23(25)30(18)14-27)24(31)20(11-29(22)17-7-8-17)26(32)37-12-16-5-3-2-4-6-16/h2-6,9,11,17-18,33H,7-8,10,12-15H2,1H3/t18-,27+/m1/s1. The quantitative estimate of drug-likeness (QED) is 0.344. The molecule has 0 unspecified atom stereocenters. The maximum atomic E-state index is 15.7. The molecule has 0 bridgehead atoms. The smallest absolute Gasteiger partial charge is 0.343 e. The fourth-order valence-corrected chi connectivity index (χ4v) is 5.84. The number of esters is 1. The molecule has 1 aliphatic carbocycles. The number of carbonyl (C=O) groups excluding carboxylic acids is 1. The molecule has 10 nitrogen and oxygen atoms in total. The number of pyridine rings is 1. The van der Waals surface area contributed by atoms with Gasteiger partial charge < -0.3 is 24.0 Å². The zero-order valence-electron chi connectivity index (χ0n) is 21.1. The summed E-state index contributed by atoms with van der Waals surface area (Å²) in [6.45, 7) is -0.467. The lowest BCUT2D eigenvalue weighted by Gasteiger charge is -2.34. The highest BCUT2D eigenvalue weighted by molar-refractivity contribution is 7.85. The van der Waals surface area contributed by atoms with Crippen LogP contribution in [0.25, 0.3) is 10.9 Å². The molecule has 0 amide bonds. The van der Waals surface area contributed by atoms with Crippen LogP contribution in [0.1, 0.15) is 41.2 Å². The Morgan fingerprint density at radius 2 is 1.97 bits per heavy atom. The molecule has 2 atom stereocenters. The Bertz CT molecular complexity index is 1640. The van der Waals surface area contributed by atoms with E-state index >= 15 is 4.39 Å². The van der Waals surface area contributed by atoms with E-state index < -0.39 is 45.6 Å². The van der Waals surface area contributed by atoms with Gasteiger partial charge in [0.2, 0.25) is 5.43 Å². The molecule has 3 heterocycles. The number of benzene rings is 2. The van der Waals surface area contributed by atoms with Gasteiger partial charge in [0.1, 0.15) is 30.1 Å². The van der Waals surface area contributed by atoms with Crippen LogP contribution in [0, 0.1) is 5.82 Å². The van der Waals surface area contributed by atoms with Gasteiger partial charge in [-0.3, -0.25) is 8.98 Å². The van der Waals surface area contributed by atoms with Crippen LogP contribution in [0.2, 0.25) is 0 Å². The van der Waals surface area contributed by atoms with Gasteiger partial charge in [-0.2, -0.15) is 8.42 Å². The van der Waals surface area contributed by atoms with Gasteiger partial charge in [-0.15, -0.1) is 0 Å². The molecule has 2 aliphatic heterocycles. The predicted molar refractivity (Wildman–Crippen MR) is 139 cm³/mol. The molecule has 1 saturated heterocycles. The summed E-state index contributed by atoms with van der Waals surface area (Å²) in [5.41, 5.74) is -1.16. The summed E-state index contributed by atoms with van der Waals surface area (Å²) in [6.07, 6.45) is 4.10. The first-order chi connectivity index (χ1) is 18.5. The van der Waals surface area contributed by atoms with E-state index in [0.717, 1.165) is 30.7 Å². The average molecular weight is 559 g/mol. The molecular formula is C27H27FN2O8S. The van der Waals surface area contributed by atoms with Crippen molar-refractivity contribution in [2.45, 2.75) is 43.6 Å². The van der Waals surface area contributed by atoms with Gasteiger partial charge in [0.15, 0.2) is 11.6 Å². The molecule has 1 N–H and O–H groups in total. The maximum absolute atomic E-state index is 15.7. The molecule has 12 heteroatoms. The molecule has 3 aliphatic rings. The molecule has 6 rings (SSSR count). The number of carbonyl (C=O) groups is 1. The first-order valence-electron chi connectivity index (χ1n) is 12.6. The van der Waals surface area contributed by atoms with E-state index in [0.29, 0.717) is 5.52 Å². The Morgan fingerprint density at radius 1 is 1.23 bits per heavy atom. The topological polar surface area (TPSA) is 124 Å². The van der Waals surface area contributed by atoms with Crippen LogP contribution in [0.3, 0.4) is 0 Å². The third-order valence-corrected chi connectivity index (χ3v) is 7.89. The van der Waals surface area contributed by atoms with Crippen LogP contribution in [0.15, 0.2) is 47.4 Å². The van der Waals surface area contributed by atoms with Gasteiger partial charge in [-0.25, -0.2) is 9.18 Å². The minimum absolute atomic E-state index is 0.000583. The van der Waals surface area contributed by atoms with Crippen LogP contribution in [-0.2, 0) is 25.6 Å². The Labute approximate surface area is 223 Å². The largest absolute Gasteiger partial charge is 0.487 e. The molecule has 0 radical (unpaired) electrons. The van der Waals surface area contributed by atoms with E-state index in [-0.39, 0.29) is 54.6 Å². The Hall–Kier alpha value is -3.48. The van der Waals surface area contributed by atoms with Crippen LogP contribution >= 0.6 is 0 Å². The van der Waals surface area contributed by atoms with E-state index in [1.165, 1.54) is 6.20 Å². The molecule has 1 saturated carbocycles. The van der Waals surface area contributed by atoms with Crippen LogP contribution in [0.4, 0.5) is 10.1 Å². The number of anilines is 1. The number of aliphatic hydroxyl groups is 1. The third-order valence-electron chi connectivity index (χ3n) is 7.34. The van der Waals surface area contributed by atoms with Crippen molar-refractivity contribution in [1.82, 2.24) is 4.57 Å². The van der Waals surface area contributed by atoms with Gasteiger partial charge >= 0.3 is 5.97 Å². The van der Waals surface area contributed by atoms with Gasteiger partial charge in [0.05, 0.1) is 29.8 Å². The normalized spacial score (nSPS) is 22.3. The molecule has 206 valence electrons. The summed E-state index contributed by atoms with van der Waals surface area (Å²) in [5, 5.41) is 11.0. The molecule has 2 fully saturated rings. The van der Waals surface area contributed by atoms with E-state index in [1.54, 1.807) is 21.6 Å². The van der Waals surface area contributed by atoms with Crippen molar-refractivity contribution < 1.29 is 36.4 Å². The van der Waals surface area contributed by atoms with Crippen LogP contribution in [0.5, 0.6) is 5.75 Å². The lowest BCUT2D eigenvalue weighted by molar-refractivity contribution is 0.0133. The number of ether oxygens (including phenoxy) is 2. The van der Waals surface area contributed by atoms with E-state index in [9.17, 15) is 23.1 Å². The Kier molecular flexibility index (Phi) is 6.16. The number of nitrogens with zero attached hydrogens (tertiary/aromatic N) is 2. The highest BCUT2D eigenvalue weighted by Crippen LogP contribution is 2.48. The minimum atomic E-state index is -3.78. The first-order valence-corrected chi connectivity index (χ1v) is 14.4. The average Bonchev–Trinajstić information content (AvgIpc) is 3.68. The lowest BCUT2D eigenvalue weighted by Crippen LogP contribution is -2.41. The van der Waals surface area contributed by atoms with Crippen LogP contribution in [-0.4, -0.2) is 61.7 Å². The molecular weight excluding hydrogens is 531 g/mol. The molecule has 2 aromatic carbocycles. The van der Waals surface area contributed by atoms with Crippen molar-refractivity contribution in [3.63, 3.8) is 0 Å². The number of rotatable bonds is 7. The fraction of sp³-hybridized carbons (Fsp3) is 0.407. The van der Waals surface area contributed by atoms with Crippen molar-refractivity contribution in [3.05, 3.63) is 69.8 Å².